The van der Waals surface area contributed by atoms with E-state index in [0.717, 1.165) is 32.5 Å². The molecule has 0 unspecified atom stereocenters. The summed E-state index contributed by atoms with van der Waals surface area (Å²) in [4.78, 5) is 29.0. The summed E-state index contributed by atoms with van der Waals surface area (Å²) >= 11 is 1.78. The normalized spacial score (nSPS) is 22.8. The van der Waals surface area contributed by atoms with Crippen molar-refractivity contribution in [3.8, 4) is 0 Å². The first-order valence-corrected chi connectivity index (χ1v) is 8.90. The second-order valence-corrected chi connectivity index (χ2v) is 7.24. The van der Waals surface area contributed by atoms with E-state index < -0.39 is 5.91 Å². The monoisotopic (exact) mass is 337 g/mol. The molecule has 0 bridgehead atoms. The number of nitrogens with zero attached hydrogens (tertiary/aromatic N) is 2. The minimum absolute atomic E-state index is 0.0115. The van der Waals surface area contributed by atoms with Crippen LogP contribution in [0, 0.1) is 0 Å². The Labute approximate surface area is 140 Å². The van der Waals surface area contributed by atoms with E-state index >= 15 is 0 Å². The molecule has 7 heteroatoms. The van der Waals surface area contributed by atoms with Gasteiger partial charge in [0.2, 0.25) is 11.8 Å². The van der Waals surface area contributed by atoms with Crippen LogP contribution in [0.1, 0.15) is 23.8 Å². The molecule has 2 aliphatic rings. The molecule has 0 aromatic carbocycles. The fourth-order valence-electron chi connectivity index (χ4n) is 3.30. The predicted octanol–water partition coefficient (Wildman–Crippen LogP) is 0.597. The van der Waals surface area contributed by atoms with Crippen molar-refractivity contribution < 1.29 is 14.3 Å². The number of primary amides is 1. The number of carbonyl (C=O) groups is 2. The molecule has 2 N–H and O–H groups in total. The summed E-state index contributed by atoms with van der Waals surface area (Å²) in [6.07, 6.45) is 1.78. The second-order valence-electron chi connectivity index (χ2n) is 6.24. The molecule has 1 aromatic heterocycles. The molecule has 3 heterocycles. The highest BCUT2D eigenvalue weighted by Gasteiger charge is 2.33. The zero-order valence-electron chi connectivity index (χ0n) is 13.4. The number of likely N-dealkylation sites (tertiary alicyclic amines) is 1. The van der Waals surface area contributed by atoms with Crippen molar-refractivity contribution >= 4 is 23.2 Å². The topological polar surface area (TPSA) is 75.9 Å². The number of fused-ring (bicyclic) bond motifs is 1. The largest absolute Gasteiger partial charge is 0.368 e. The van der Waals surface area contributed by atoms with Gasteiger partial charge in [-0.3, -0.25) is 14.5 Å². The van der Waals surface area contributed by atoms with Gasteiger partial charge in [-0.1, -0.05) is 0 Å². The van der Waals surface area contributed by atoms with Crippen LogP contribution in [-0.4, -0.2) is 60.0 Å². The number of carbonyl (C=O) groups excluding carboxylic acids is 2. The van der Waals surface area contributed by atoms with Gasteiger partial charge in [-0.05, 0) is 36.8 Å². The number of rotatable bonds is 5. The summed E-state index contributed by atoms with van der Waals surface area (Å²) in [6.45, 7) is 4.92. The van der Waals surface area contributed by atoms with Gasteiger partial charge < -0.3 is 15.4 Å². The Kier molecular flexibility index (Phi) is 4.99. The Balaban J connectivity index is 1.53. The van der Waals surface area contributed by atoms with Crippen LogP contribution in [0.5, 0.6) is 0 Å². The van der Waals surface area contributed by atoms with Crippen LogP contribution < -0.4 is 5.73 Å². The summed E-state index contributed by atoms with van der Waals surface area (Å²) in [5.74, 6) is -0.273. The summed E-state index contributed by atoms with van der Waals surface area (Å²) in [5, 5.41) is 2.10. The average Bonchev–Trinajstić information content (AvgIpc) is 3.19. The van der Waals surface area contributed by atoms with Crippen LogP contribution in [0.15, 0.2) is 11.4 Å². The molecule has 3 rings (SSSR count). The average molecular weight is 337 g/mol. The lowest BCUT2D eigenvalue weighted by Gasteiger charge is -2.32. The van der Waals surface area contributed by atoms with Crippen LogP contribution in [0.3, 0.4) is 0 Å². The summed E-state index contributed by atoms with van der Waals surface area (Å²) in [6, 6.07) is 1.96. The van der Waals surface area contributed by atoms with Crippen LogP contribution in [0.4, 0.5) is 0 Å². The Hall–Kier alpha value is -1.44. The quantitative estimate of drug-likeness (QED) is 0.854. The van der Waals surface area contributed by atoms with Gasteiger partial charge in [-0.25, -0.2) is 0 Å². The summed E-state index contributed by atoms with van der Waals surface area (Å²) in [7, 11) is 0. The fraction of sp³-hybridized carbons (Fsp3) is 0.625. The zero-order valence-corrected chi connectivity index (χ0v) is 14.2. The lowest BCUT2D eigenvalue weighted by Crippen LogP contribution is -2.48. The van der Waals surface area contributed by atoms with Crippen molar-refractivity contribution in [2.75, 3.05) is 26.2 Å². The zero-order chi connectivity index (χ0) is 16.4. The van der Waals surface area contributed by atoms with E-state index in [-0.39, 0.29) is 24.7 Å². The van der Waals surface area contributed by atoms with Gasteiger partial charge in [0.05, 0.1) is 12.1 Å². The number of ether oxygens (including phenoxy) is 1. The maximum absolute atomic E-state index is 12.8. The van der Waals surface area contributed by atoms with Crippen LogP contribution in [0.25, 0.3) is 0 Å². The standard InChI is InChI=1S/C16H23N3O3S/c1-11(18-5-2-13(9-18)22-10-15(17)20)16(21)19-6-3-14-12(8-19)4-7-23-14/h4,7,11,13H,2-3,5-6,8-10H2,1H3,(H2,17,20)/t11-,13-/m1/s1. The molecule has 1 fully saturated rings. The highest BCUT2D eigenvalue weighted by molar-refractivity contribution is 7.10. The van der Waals surface area contributed by atoms with Gasteiger partial charge in [-0.2, -0.15) is 0 Å². The van der Waals surface area contributed by atoms with Crippen molar-refractivity contribution in [2.45, 2.75) is 38.5 Å². The van der Waals surface area contributed by atoms with Crippen LogP contribution >= 0.6 is 11.3 Å². The number of hydrogen-bond acceptors (Lipinski definition) is 5. The molecule has 1 aromatic rings. The molecule has 0 saturated carbocycles. The van der Waals surface area contributed by atoms with Crippen LogP contribution in [0.2, 0.25) is 0 Å². The fourth-order valence-corrected chi connectivity index (χ4v) is 4.19. The highest BCUT2D eigenvalue weighted by atomic mass is 32.1. The van der Waals surface area contributed by atoms with E-state index in [2.05, 4.69) is 16.3 Å². The van der Waals surface area contributed by atoms with Gasteiger partial charge in [0.1, 0.15) is 6.61 Å². The lowest BCUT2D eigenvalue weighted by molar-refractivity contribution is -0.137. The molecular weight excluding hydrogens is 314 g/mol. The molecule has 2 amide bonds. The number of hydrogen-bond donors (Lipinski definition) is 1. The number of thiophene rings is 1. The van der Waals surface area contributed by atoms with Gasteiger partial charge >= 0.3 is 0 Å². The Morgan fingerprint density at radius 2 is 2.30 bits per heavy atom. The minimum Gasteiger partial charge on any atom is -0.368 e. The maximum atomic E-state index is 12.8. The molecule has 2 atom stereocenters. The van der Waals surface area contributed by atoms with Gasteiger partial charge in [-0.15, -0.1) is 11.3 Å². The van der Waals surface area contributed by atoms with Crippen molar-refractivity contribution in [2.24, 2.45) is 5.73 Å². The molecule has 0 spiro atoms. The molecule has 0 radical (unpaired) electrons. The smallest absolute Gasteiger partial charge is 0.243 e. The third kappa shape index (κ3) is 3.73. The van der Waals surface area contributed by atoms with E-state index in [1.54, 1.807) is 11.3 Å². The van der Waals surface area contributed by atoms with Crippen molar-refractivity contribution in [1.82, 2.24) is 9.80 Å². The highest BCUT2D eigenvalue weighted by Crippen LogP contribution is 2.25. The Bertz CT molecular complexity index is 589. The lowest BCUT2D eigenvalue weighted by atomic mass is 10.1. The van der Waals surface area contributed by atoms with Gasteiger partial charge in [0.15, 0.2) is 0 Å². The number of amides is 2. The van der Waals surface area contributed by atoms with Gasteiger partial charge in [0, 0.05) is 31.1 Å². The maximum Gasteiger partial charge on any atom is 0.243 e. The first kappa shape index (κ1) is 16.4. The first-order chi connectivity index (χ1) is 11.0. The third-order valence-electron chi connectivity index (χ3n) is 4.66. The molecular formula is C16H23N3O3S. The van der Waals surface area contributed by atoms with E-state index in [4.69, 9.17) is 10.5 Å². The molecule has 23 heavy (non-hydrogen) atoms. The SMILES string of the molecule is C[C@H](C(=O)N1CCc2sccc2C1)N1CC[C@@H](OCC(N)=O)C1. The summed E-state index contributed by atoms with van der Waals surface area (Å²) < 4.78 is 5.47. The predicted molar refractivity (Wildman–Crippen MR) is 88.0 cm³/mol. The summed E-state index contributed by atoms with van der Waals surface area (Å²) in [5.41, 5.74) is 6.39. The van der Waals surface area contributed by atoms with E-state index in [1.165, 1.54) is 10.4 Å². The minimum atomic E-state index is -0.451. The van der Waals surface area contributed by atoms with E-state index in [1.807, 2.05) is 11.8 Å². The van der Waals surface area contributed by atoms with Crippen molar-refractivity contribution in [3.63, 3.8) is 0 Å². The molecule has 6 nitrogen and oxygen atoms in total. The number of nitrogens with two attached hydrogens (primary N) is 1. The first-order valence-electron chi connectivity index (χ1n) is 8.02. The van der Waals surface area contributed by atoms with Crippen molar-refractivity contribution in [1.29, 1.82) is 0 Å². The molecule has 0 aliphatic carbocycles. The van der Waals surface area contributed by atoms with E-state index in [0.29, 0.717) is 6.54 Å². The molecule has 2 aliphatic heterocycles. The van der Waals surface area contributed by atoms with Crippen LogP contribution in [-0.2, 0) is 27.3 Å². The molecule has 126 valence electrons. The Morgan fingerprint density at radius 3 is 3.09 bits per heavy atom. The van der Waals surface area contributed by atoms with Crippen molar-refractivity contribution in [3.05, 3.63) is 21.9 Å². The second kappa shape index (κ2) is 6.98. The van der Waals surface area contributed by atoms with E-state index in [9.17, 15) is 9.59 Å². The van der Waals surface area contributed by atoms with Gasteiger partial charge in [0.25, 0.3) is 0 Å². The molecule has 1 saturated heterocycles. The third-order valence-corrected chi connectivity index (χ3v) is 5.69. The Morgan fingerprint density at radius 1 is 1.48 bits per heavy atom.